The minimum atomic E-state index is 0.398. The zero-order valence-corrected chi connectivity index (χ0v) is 12.3. The minimum Gasteiger partial charge on any atom is -0.314 e. The molecule has 98 valence electrons. The predicted octanol–water partition coefficient (Wildman–Crippen LogP) is 3.36. The summed E-state index contributed by atoms with van der Waals surface area (Å²) in [4.78, 5) is 11.4. The summed E-state index contributed by atoms with van der Waals surface area (Å²) in [6.07, 6.45) is 2.76. The van der Waals surface area contributed by atoms with Gasteiger partial charge in [-0.2, -0.15) is 0 Å². The number of hydrogen-bond acceptors (Lipinski definition) is 4. The van der Waals surface area contributed by atoms with Crippen LogP contribution in [-0.4, -0.2) is 22.6 Å². The van der Waals surface area contributed by atoms with Gasteiger partial charge in [-0.15, -0.1) is 11.3 Å². The van der Waals surface area contributed by atoms with Crippen molar-refractivity contribution in [2.24, 2.45) is 0 Å². The first-order valence-corrected chi connectivity index (χ1v) is 7.45. The normalized spacial score (nSPS) is 14.9. The summed E-state index contributed by atoms with van der Waals surface area (Å²) < 4.78 is 0. The maximum absolute atomic E-state index is 4.51. The highest BCUT2D eigenvalue weighted by Gasteiger charge is 2.18. The summed E-state index contributed by atoms with van der Waals surface area (Å²) in [5.74, 6) is 0.398. The highest BCUT2D eigenvalue weighted by atomic mass is 32.1. The van der Waals surface area contributed by atoms with Crippen molar-refractivity contribution in [3.05, 3.63) is 23.0 Å². The highest BCUT2D eigenvalue weighted by molar-refractivity contribution is 7.18. The van der Waals surface area contributed by atoms with Crippen LogP contribution in [0.2, 0.25) is 0 Å². The van der Waals surface area contributed by atoms with E-state index in [1.54, 1.807) is 17.7 Å². The molecular formula is C14H21N3S. The van der Waals surface area contributed by atoms with Gasteiger partial charge in [0.2, 0.25) is 0 Å². The van der Waals surface area contributed by atoms with Gasteiger partial charge in [-0.05, 0) is 26.0 Å². The van der Waals surface area contributed by atoms with Crippen LogP contribution in [0.3, 0.4) is 0 Å². The number of likely N-dealkylation sites (N-methyl/N-ethyl adjacent to an activating group) is 1. The van der Waals surface area contributed by atoms with E-state index in [4.69, 9.17) is 0 Å². The van der Waals surface area contributed by atoms with E-state index in [1.807, 2.05) is 0 Å². The molecule has 0 saturated carbocycles. The van der Waals surface area contributed by atoms with Gasteiger partial charge >= 0.3 is 0 Å². The van der Waals surface area contributed by atoms with Crippen molar-refractivity contribution in [3.8, 4) is 0 Å². The van der Waals surface area contributed by atoms with Gasteiger partial charge < -0.3 is 5.32 Å². The van der Waals surface area contributed by atoms with Crippen molar-refractivity contribution >= 4 is 21.6 Å². The lowest BCUT2D eigenvalue weighted by Crippen LogP contribution is -2.31. The molecule has 3 nitrogen and oxygen atoms in total. The topological polar surface area (TPSA) is 37.8 Å². The molecule has 2 atom stereocenters. The van der Waals surface area contributed by atoms with Gasteiger partial charge in [0.1, 0.15) is 11.2 Å². The van der Waals surface area contributed by atoms with Crippen LogP contribution in [0.1, 0.15) is 44.2 Å². The quantitative estimate of drug-likeness (QED) is 0.899. The Kier molecular flexibility index (Phi) is 4.30. The molecule has 2 aromatic heterocycles. The van der Waals surface area contributed by atoms with Gasteiger partial charge in [0.15, 0.2) is 0 Å². The third-order valence-corrected chi connectivity index (χ3v) is 4.65. The van der Waals surface area contributed by atoms with E-state index in [-0.39, 0.29) is 0 Å². The lowest BCUT2D eigenvalue weighted by molar-refractivity contribution is 0.489. The van der Waals surface area contributed by atoms with Crippen LogP contribution in [-0.2, 0) is 6.42 Å². The summed E-state index contributed by atoms with van der Waals surface area (Å²) in [6.45, 7) is 9.76. The fraction of sp³-hybridized carbons (Fsp3) is 0.571. The molecule has 2 rings (SSSR count). The van der Waals surface area contributed by atoms with Crippen molar-refractivity contribution in [3.63, 3.8) is 0 Å². The monoisotopic (exact) mass is 263 g/mol. The lowest BCUT2D eigenvalue weighted by atomic mass is 9.97. The van der Waals surface area contributed by atoms with Crippen LogP contribution >= 0.6 is 11.3 Å². The SMILES string of the molecule is CCNC(C)C(C)c1ncnc2sc(CC)cc12. The number of aromatic nitrogens is 2. The highest BCUT2D eigenvalue weighted by Crippen LogP contribution is 2.30. The standard InChI is InChI=1S/C14H21N3S/c1-5-11-7-12-13(9(3)10(4)15-6-2)16-8-17-14(12)18-11/h7-10,15H,5-6H2,1-4H3. The molecule has 0 saturated heterocycles. The van der Waals surface area contributed by atoms with Gasteiger partial charge in [-0.3, -0.25) is 0 Å². The van der Waals surface area contributed by atoms with Crippen molar-refractivity contribution in [1.82, 2.24) is 15.3 Å². The Bertz CT molecular complexity index is 521. The van der Waals surface area contributed by atoms with Gasteiger partial charge in [0, 0.05) is 22.2 Å². The molecule has 0 fully saturated rings. The fourth-order valence-corrected chi connectivity index (χ4v) is 3.14. The van der Waals surface area contributed by atoms with Crippen LogP contribution in [0.4, 0.5) is 0 Å². The average Bonchev–Trinajstić information content (AvgIpc) is 2.80. The van der Waals surface area contributed by atoms with Gasteiger partial charge in [0.25, 0.3) is 0 Å². The number of thiophene rings is 1. The molecule has 0 radical (unpaired) electrons. The molecule has 0 aliphatic rings. The van der Waals surface area contributed by atoms with Crippen LogP contribution < -0.4 is 5.32 Å². The molecule has 0 aliphatic heterocycles. The summed E-state index contributed by atoms with van der Waals surface area (Å²) >= 11 is 1.78. The molecular weight excluding hydrogens is 242 g/mol. The number of fused-ring (bicyclic) bond motifs is 1. The van der Waals surface area contributed by atoms with E-state index in [1.165, 1.54) is 16.0 Å². The van der Waals surface area contributed by atoms with Crippen LogP contribution in [0.25, 0.3) is 10.2 Å². The van der Waals surface area contributed by atoms with E-state index < -0.39 is 0 Å². The summed E-state index contributed by atoms with van der Waals surface area (Å²) in [6, 6.07) is 2.68. The first-order chi connectivity index (χ1) is 8.67. The molecule has 1 N–H and O–H groups in total. The van der Waals surface area contributed by atoms with Crippen molar-refractivity contribution < 1.29 is 0 Å². The number of nitrogens with zero attached hydrogens (tertiary/aromatic N) is 2. The van der Waals surface area contributed by atoms with E-state index in [9.17, 15) is 0 Å². The minimum absolute atomic E-state index is 0.398. The van der Waals surface area contributed by atoms with Crippen LogP contribution in [0, 0.1) is 0 Å². The molecule has 0 aromatic carbocycles. The van der Waals surface area contributed by atoms with E-state index in [2.05, 4.69) is 49.0 Å². The Labute approximate surface area is 113 Å². The average molecular weight is 263 g/mol. The third kappa shape index (κ3) is 2.54. The number of rotatable bonds is 5. The molecule has 2 unspecified atom stereocenters. The lowest BCUT2D eigenvalue weighted by Gasteiger charge is -2.20. The fourth-order valence-electron chi connectivity index (χ4n) is 2.20. The Hall–Kier alpha value is -1.00. The molecule has 0 bridgehead atoms. The number of aryl methyl sites for hydroxylation is 1. The van der Waals surface area contributed by atoms with Gasteiger partial charge in [-0.1, -0.05) is 20.8 Å². The number of nitrogens with one attached hydrogen (secondary N) is 1. The zero-order valence-electron chi connectivity index (χ0n) is 11.5. The smallest absolute Gasteiger partial charge is 0.127 e. The first-order valence-electron chi connectivity index (χ1n) is 6.64. The largest absolute Gasteiger partial charge is 0.314 e. The second kappa shape index (κ2) is 5.76. The van der Waals surface area contributed by atoms with Crippen molar-refractivity contribution in [1.29, 1.82) is 0 Å². The van der Waals surface area contributed by atoms with E-state index >= 15 is 0 Å². The van der Waals surface area contributed by atoms with Crippen LogP contribution in [0.5, 0.6) is 0 Å². The number of hydrogen-bond donors (Lipinski definition) is 1. The van der Waals surface area contributed by atoms with Crippen molar-refractivity contribution in [2.75, 3.05) is 6.54 Å². The summed E-state index contributed by atoms with van der Waals surface area (Å²) in [5.41, 5.74) is 1.17. The molecule has 0 spiro atoms. The summed E-state index contributed by atoms with van der Waals surface area (Å²) in [5, 5.41) is 4.71. The van der Waals surface area contributed by atoms with Crippen molar-refractivity contribution in [2.45, 2.75) is 46.1 Å². The Balaban J connectivity index is 2.40. The van der Waals surface area contributed by atoms with Crippen LogP contribution in [0.15, 0.2) is 12.4 Å². The molecule has 2 heterocycles. The van der Waals surface area contributed by atoms with E-state index in [0.717, 1.165) is 17.8 Å². The molecule has 0 aliphatic carbocycles. The second-order valence-electron chi connectivity index (χ2n) is 4.68. The molecule has 2 aromatic rings. The van der Waals surface area contributed by atoms with Gasteiger partial charge in [0.05, 0.1) is 5.69 Å². The zero-order chi connectivity index (χ0) is 13.1. The van der Waals surface area contributed by atoms with E-state index in [0.29, 0.717) is 12.0 Å². The van der Waals surface area contributed by atoms with Gasteiger partial charge in [-0.25, -0.2) is 9.97 Å². The Morgan fingerprint density at radius 1 is 1.28 bits per heavy atom. The first kappa shape index (κ1) is 13.4. The second-order valence-corrected chi connectivity index (χ2v) is 5.79. The molecule has 0 amide bonds. The predicted molar refractivity (Wildman–Crippen MR) is 78.3 cm³/mol. The maximum atomic E-state index is 4.51. The summed E-state index contributed by atoms with van der Waals surface area (Å²) in [7, 11) is 0. The molecule has 4 heteroatoms. The Morgan fingerprint density at radius 3 is 2.72 bits per heavy atom. The Morgan fingerprint density at radius 2 is 2.06 bits per heavy atom. The third-order valence-electron chi connectivity index (χ3n) is 3.47. The molecule has 18 heavy (non-hydrogen) atoms. The maximum Gasteiger partial charge on any atom is 0.127 e.